The molecule has 0 aliphatic heterocycles. The smallest absolute Gasteiger partial charge is 0.322 e. The molecule has 0 aliphatic rings. The zero-order chi connectivity index (χ0) is 11.5. The lowest BCUT2D eigenvalue weighted by Gasteiger charge is -2.08. The van der Waals surface area contributed by atoms with Gasteiger partial charge in [-0.15, -0.1) is 12.4 Å². The number of nitrogens with two attached hydrogens (primary N) is 1. The molecular formula is C12H26ClNO2. The quantitative estimate of drug-likeness (QED) is 0.506. The molecule has 0 fully saturated rings. The average molecular weight is 252 g/mol. The first-order chi connectivity index (χ1) is 7.22. The summed E-state index contributed by atoms with van der Waals surface area (Å²) in [6.07, 6.45) is 7.86. The molecule has 0 aromatic carbocycles. The Balaban J connectivity index is 0. The van der Waals surface area contributed by atoms with Gasteiger partial charge < -0.3 is 10.5 Å². The average Bonchev–Trinajstić information content (AvgIpc) is 2.26. The first-order valence-electron chi connectivity index (χ1n) is 6.14. The van der Waals surface area contributed by atoms with Crippen LogP contribution in [0.25, 0.3) is 0 Å². The summed E-state index contributed by atoms with van der Waals surface area (Å²) in [6.45, 7) is 4.61. The van der Waals surface area contributed by atoms with Crippen LogP contribution in [0, 0.1) is 0 Å². The third-order valence-corrected chi connectivity index (χ3v) is 2.48. The lowest BCUT2D eigenvalue weighted by atomic mass is 10.1. The van der Waals surface area contributed by atoms with Gasteiger partial charge in [0.1, 0.15) is 6.04 Å². The molecule has 0 bridgehead atoms. The summed E-state index contributed by atoms with van der Waals surface area (Å²) in [4.78, 5) is 11.2. The molecule has 0 spiro atoms. The molecule has 0 saturated carbocycles. The van der Waals surface area contributed by atoms with E-state index in [4.69, 9.17) is 10.5 Å². The lowest BCUT2D eigenvalue weighted by Crippen LogP contribution is -2.31. The van der Waals surface area contributed by atoms with Gasteiger partial charge in [-0.1, -0.05) is 46.0 Å². The van der Waals surface area contributed by atoms with E-state index in [1.54, 1.807) is 0 Å². The minimum Gasteiger partial charge on any atom is -0.465 e. The van der Waals surface area contributed by atoms with Crippen molar-refractivity contribution in [1.82, 2.24) is 0 Å². The number of hydrogen-bond acceptors (Lipinski definition) is 3. The summed E-state index contributed by atoms with van der Waals surface area (Å²) in [5, 5.41) is 0. The summed E-state index contributed by atoms with van der Waals surface area (Å²) < 4.78 is 5.04. The van der Waals surface area contributed by atoms with Crippen molar-refractivity contribution in [3.8, 4) is 0 Å². The number of carbonyl (C=O) groups excluding carboxylic acids is 1. The van der Waals surface area contributed by atoms with Gasteiger partial charge in [0.25, 0.3) is 0 Å². The molecule has 2 N–H and O–H groups in total. The van der Waals surface area contributed by atoms with Crippen molar-refractivity contribution in [2.75, 3.05) is 6.61 Å². The number of esters is 1. The van der Waals surface area contributed by atoms with Crippen LogP contribution >= 0.6 is 12.4 Å². The van der Waals surface area contributed by atoms with Crippen LogP contribution < -0.4 is 5.73 Å². The molecule has 1 atom stereocenters. The number of ether oxygens (including phenoxy) is 1. The summed E-state index contributed by atoms with van der Waals surface area (Å²) in [5.41, 5.74) is 5.52. The first-order valence-corrected chi connectivity index (χ1v) is 6.14. The maximum atomic E-state index is 11.2. The highest BCUT2D eigenvalue weighted by Gasteiger charge is 2.11. The maximum Gasteiger partial charge on any atom is 0.322 e. The van der Waals surface area contributed by atoms with Gasteiger partial charge in [0.05, 0.1) is 6.61 Å². The van der Waals surface area contributed by atoms with Gasteiger partial charge in [-0.2, -0.15) is 0 Å². The molecule has 0 saturated heterocycles. The summed E-state index contributed by atoms with van der Waals surface area (Å²) in [6, 6.07) is -0.440. The monoisotopic (exact) mass is 251 g/mol. The Morgan fingerprint density at radius 3 is 2.25 bits per heavy atom. The minimum absolute atomic E-state index is 0. The number of halogens is 1. The van der Waals surface area contributed by atoms with Gasteiger partial charge in [0.2, 0.25) is 0 Å². The molecule has 1 unspecified atom stereocenters. The fourth-order valence-electron chi connectivity index (χ4n) is 1.33. The molecule has 0 radical (unpaired) electrons. The maximum absolute atomic E-state index is 11.2. The highest BCUT2D eigenvalue weighted by molar-refractivity contribution is 5.85. The third-order valence-electron chi connectivity index (χ3n) is 2.48. The van der Waals surface area contributed by atoms with Crippen LogP contribution in [0.2, 0.25) is 0 Å². The molecule has 98 valence electrons. The van der Waals surface area contributed by atoms with Crippen LogP contribution in [-0.2, 0) is 9.53 Å². The fourth-order valence-corrected chi connectivity index (χ4v) is 1.33. The zero-order valence-corrected chi connectivity index (χ0v) is 11.4. The predicted molar refractivity (Wildman–Crippen MR) is 69.8 cm³/mol. The van der Waals surface area contributed by atoms with Crippen molar-refractivity contribution in [1.29, 1.82) is 0 Å². The molecule has 0 rings (SSSR count). The SMILES string of the molecule is CCCCCCCCOC(=O)C(N)CC.Cl. The van der Waals surface area contributed by atoms with Crippen LogP contribution in [0.5, 0.6) is 0 Å². The first kappa shape index (κ1) is 18.1. The number of carbonyl (C=O) groups is 1. The second-order valence-corrected chi connectivity index (χ2v) is 3.95. The summed E-state index contributed by atoms with van der Waals surface area (Å²) >= 11 is 0. The second kappa shape index (κ2) is 12.8. The van der Waals surface area contributed by atoms with E-state index in [-0.39, 0.29) is 18.4 Å². The third kappa shape index (κ3) is 10.2. The van der Waals surface area contributed by atoms with Crippen LogP contribution in [0.3, 0.4) is 0 Å². The Labute approximate surface area is 106 Å². The predicted octanol–water partition coefficient (Wildman–Crippen LogP) is 3.05. The Bertz CT molecular complexity index is 165. The van der Waals surface area contributed by atoms with E-state index in [1.807, 2.05) is 6.92 Å². The van der Waals surface area contributed by atoms with Gasteiger partial charge in [0.15, 0.2) is 0 Å². The van der Waals surface area contributed by atoms with Crippen LogP contribution in [0.15, 0.2) is 0 Å². The highest BCUT2D eigenvalue weighted by Crippen LogP contribution is 2.05. The number of hydrogen-bond donors (Lipinski definition) is 1. The molecule has 4 heteroatoms. The fraction of sp³-hybridized carbons (Fsp3) is 0.917. The molecule has 0 heterocycles. The second-order valence-electron chi connectivity index (χ2n) is 3.95. The van der Waals surface area contributed by atoms with Crippen LogP contribution in [-0.4, -0.2) is 18.6 Å². The van der Waals surface area contributed by atoms with E-state index in [0.717, 1.165) is 12.8 Å². The van der Waals surface area contributed by atoms with Gasteiger partial charge >= 0.3 is 5.97 Å². The molecule has 0 amide bonds. The molecule has 0 aliphatic carbocycles. The summed E-state index contributed by atoms with van der Waals surface area (Å²) in [7, 11) is 0. The van der Waals surface area contributed by atoms with Crippen molar-refractivity contribution in [2.45, 2.75) is 64.8 Å². The molecule has 16 heavy (non-hydrogen) atoms. The molecule has 0 aromatic heterocycles. The van der Waals surface area contributed by atoms with Crippen molar-refractivity contribution in [3.05, 3.63) is 0 Å². The molecule has 3 nitrogen and oxygen atoms in total. The van der Waals surface area contributed by atoms with Crippen LogP contribution in [0.4, 0.5) is 0 Å². The van der Waals surface area contributed by atoms with E-state index in [2.05, 4.69) is 6.92 Å². The standard InChI is InChI=1S/C12H25NO2.ClH/c1-3-5-6-7-8-9-10-15-12(14)11(13)4-2;/h11H,3-10,13H2,1-2H3;1H. The van der Waals surface area contributed by atoms with Crippen molar-refractivity contribution in [2.24, 2.45) is 5.73 Å². The van der Waals surface area contributed by atoms with E-state index < -0.39 is 6.04 Å². The zero-order valence-electron chi connectivity index (χ0n) is 10.5. The van der Waals surface area contributed by atoms with Gasteiger partial charge in [-0.25, -0.2) is 0 Å². The summed E-state index contributed by atoms with van der Waals surface area (Å²) in [5.74, 6) is -0.258. The van der Waals surface area contributed by atoms with Gasteiger partial charge in [0, 0.05) is 0 Å². The van der Waals surface area contributed by atoms with Gasteiger partial charge in [-0.05, 0) is 12.8 Å². The lowest BCUT2D eigenvalue weighted by molar-refractivity contribution is -0.145. The molecular weight excluding hydrogens is 226 g/mol. The molecule has 0 aromatic rings. The van der Waals surface area contributed by atoms with Crippen molar-refractivity contribution >= 4 is 18.4 Å². The van der Waals surface area contributed by atoms with E-state index in [9.17, 15) is 4.79 Å². The minimum atomic E-state index is -0.440. The van der Waals surface area contributed by atoms with E-state index >= 15 is 0 Å². The topological polar surface area (TPSA) is 52.3 Å². The van der Waals surface area contributed by atoms with Crippen molar-refractivity contribution < 1.29 is 9.53 Å². The Morgan fingerprint density at radius 2 is 1.69 bits per heavy atom. The normalized spacial score (nSPS) is 11.7. The van der Waals surface area contributed by atoms with Gasteiger partial charge in [-0.3, -0.25) is 4.79 Å². The van der Waals surface area contributed by atoms with Crippen molar-refractivity contribution in [3.63, 3.8) is 0 Å². The number of unbranched alkanes of at least 4 members (excludes halogenated alkanes) is 5. The highest BCUT2D eigenvalue weighted by atomic mass is 35.5. The van der Waals surface area contributed by atoms with E-state index in [1.165, 1.54) is 25.7 Å². The van der Waals surface area contributed by atoms with E-state index in [0.29, 0.717) is 13.0 Å². The van der Waals surface area contributed by atoms with Crippen LogP contribution in [0.1, 0.15) is 58.8 Å². The number of rotatable bonds is 9. The Kier molecular flexibility index (Phi) is 14.5. The Hall–Kier alpha value is -0.280. The largest absolute Gasteiger partial charge is 0.465 e. The Morgan fingerprint density at radius 1 is 1.12 bits per heavy atom.